The number of benzene rings is 2. The van der Waals surface area contributed by atoms with Gasteiger partial charge in [-0.1, -0.05) is 30.3 Å². The molecule has 8 heteroatoms. The monoisotopic (exact) mass is 459 g/mol. The number of hydrogen-bond donors (Lipinski definition) is 1. The maximum Gasteiger partial charge on any atom is 0.416 e. The average Bonchev–Trinajstić information content (AvgIpc) is 3.19. The van der Waals surface area contributed by atoms with E-state index >= 15 is 0 Å². The number of alkyl halides is 3. The number of carbonyl (C=O) groups is 2. The lowest BCUT2D eigenvalue weighted by molar-refractivity contribution is -0.137. The summed E-state index contributed by atoms with van der Waals surface area (Å²) in [5.74, 6) is 0.0475. The Labute approximate surface area is 191 Å². The lowest BCUT2D eigenvalue weighted by atomic mass is 10.0. The van der Waals surface area contributed by atoms with Gasteiger partial charge in [0.25, 0.3) is 5.91 Å². The van der Waals surface area contributed by atoms with E-state index in [1.54, 1.807) is 18.2 Å². The number of nitrogens with one attached hydrogen (secondary N) is 1. The van der Waals surface area contributed by atoms with Gasteiger partial charge in [-0.25, -0.2) is 0 Å². The van der Waals surface area contributed by atoms with E-state index in [1.165, 1.54) is 12.1 Å². The fraction of sp³-hybridized carbons (Fsp3) is 0.440. The highest BCUT2D eigenvalue weighted by molar-refractivity contribution is 5.94. The zero-order chi connectivity index (χ0) is 23.4. The van der Waals surface area contributed by atoms with Crippen molar-refractivity contribution < 1.29 is 22.8 Å². The molecule has 2 heterocycles. The number of likely N-dealkylation sites (tertiary alicyclic amines) is 2. The summed E-state index contributed by atoms with van der Waals surface area (Å²) in [5.41, 5.74) is 1.60. The molecular weight excluding hydrogens is 431 g/mol. The average molecular weight is 460 g/mol. The van der Waals surface area contributed by atoms with Crippen LogP contribution < -0.4 is 5.32 Å². The van der Waals surface area contributed by atoms with E-state index in [2.05, 4.69) is 10.2 Å². The standard InChI is InChI=1S/C25H28F3N3O2/c26-25(27,28)21-4-1-3-19(15-21)16-30-13-10-22(11-14-30)29-24(33)20-8-6-18(7-9-20)17-31-12-2-5-23(31)32/h1,3-4,6-9,15,22H,2,5,10-14,16-17H2,(H,29,33). The molecule has 2 aliphatic heterocycles. The van der Waals surface area contributed by atoms with Crippen molar-refractivity contribution in [2.24, 2.45) is 0 Å². The van der Waals surface area contributed by atoms with E-state index in [9.17, 15) is 22.8 Å². The van der Waals surface area contributed by atoms with Crippen LogP contribution in [0.3, 0.4) is 0 Å². The molecular formula is C25H28F3N3O2. The van der Waals surface area contributed by atoms with Crippen LogP contribution in [0.5, 0.6) is 0 Å². The lowest BCUT2D eigenvalue weighted by Gasteiger charge is -2.32. The van der Waals surface area contributed by atoms with Crippen molar-refractivity contribution >= 4 is 11.8 Å². The molecule has 176 valence electrons. The number of hydrogen-bond acceptors (Lipinski definition) is 3. The van der Waals surface area contributed by atoms with Gasteiger partial charge in [0.2, 0.25) is 5.91 Å². The van der Waals surface area contributed by atoms with Crippen molar-refractivity contribution in [2.45, 2.75) is 51.0 Å². The first-order valence-electron chi connectivity index (χ1n) is 11.3. The van der Waals surface area contributed by atoms with E-state index < -0.39 is 11.7 Å². The molecule has 2 aromatic rings. The minimum Gasteiger partial charge on any atom is -0.349 e. The van der Waals surface area contributed by atoms with Crippen LogP contribution in [0, 0.1) is 0 Å². The van der Waals surface area contributed by atoms with E-state index in [0.717, 1.165) is 37.4 Å². The van der Waals surface area contributed by atoms with Gasteiger partial charge in [-0.15, -0.1) is 0 Å². The van der Waals surface area contributed by atoms with Crippen LogP contribution in [0.25, 0.3) is 0 Å². The number of carbonyl (C=O) groups excluding carboxylic acids is 2. The number of halogens is 3. The Bertz CT molecular complexity index is 983. The Morgan fingerprint density at radius 2 is 1.70 bits per heavy atom. The molecule has 0 unspecified atom stereocenters. The van der Waals surface area contributed by atoms with E-state index in [-0.39, 0.29) is 17.9 Å². The van der Waals surface area contributed by atoms with Crippen molar-refractivity contribution in [1.82, 2.24) is 15.1 Å². The Morgan fingerprint density at radius 1 is 0.970 bits per heavy atom. The second-order valence-corrected chi connectivity index (χ2v) is 8.84. The minimum atomic E-state index is -4.34. The van der Waals surface area contributed by atoms with Crippen LogP contribution in [-0.4, -0.2) is 47.3 Å². The van der Waals surface area contributed by atoms with Crippen molar-refractivity contribution in [3.05, 3.63) is 70.8 Å². The molecule has 0 bridgehead atoms. The van der Waals surface area contributed by atoms with Gasteiger partial charge in [-0.3, -0.25) is 14.5 Å². The zero-order valence-corrected chi connectivity index (χ0v) is 18.4. The summed E-state index contributed by atoms with van der Waals surface area (Å²) in [4.78, 5) is 28.4. The topological polar surface area (TPSA) is 52.7 Å². The van der Waals surface area contributed by atoms with Gasteiger partial charge in [-0.05, 0) is 48.6 Å². The summed E-state index contributed by atoms with van der Waals surface area (Å²) < 4.78 is 38.8. The SMILES string of the molecule is O=C(NC1CCN(Cc2cccc(C(F)(F)F)c2)CC1)c1ccc(CN2CCCC2=O)cc1. The quantitative estimate of drug-likeness (QED) is 0.704. The first kappa shape index (κ1) is 23.3. The first-order valence-corrected chi connectivity index (χ1v) is 11.3. The van der Waals surface area contributed by atoms with Crippen molar-refractivity contribution in [2.75, 3.05) is 19.6 Å². The molecule has 0 aromatic heterocycles. The van der Waals surface area contributed by atoms with E-state index in [1.807, 2.05) is 17.0 Å². The summed E-state index contributed by atoms with van der Waals surface area (Å²) in [6, 6.07) is 12.8. The number of nitrogens with zero attached hydrogens (tertiary/aromatic N) is 2. The van der Waals surface area contributed by atoms with Gasteiger partial charge in [0, 0.05) is 50.7 Å². The molecule has 2 amide bonds. The molecule has 5 nitrogen and oxygen atoms in total. The Morgan fingerprint density at radius 3 is 2.33 bits per heavy atom. The molecule has 0 atom stereocenters. The Balaban J connectivity index is 1.24. The van der Waals surface area contributed by atoms with Gasteiger partial charge in [0.1, 0.15) is 0 Å². The van der Waals surface area contributed by atoms with Crippen LogP contribution in [0.4, 0.5) is 13.2 Å². The summed E-state index contributed by atoms with van der Waals surface area (Å²) in [5, 5.41) is 3.07. The predicted molar refractivity (Wildman–Crippen MR) is 118 cm³/mol. The van der Waals surface area contributed by atoms with Crippen LogP contribution in [0.2, 0.25) is 0 Å². The van der Waals surface area contributed by atoms with Crippen LogP contribution in [0.1, 0.15) is 52.7 Å². The zero-order valence-electron chi connectivity index (χ0n) is 18.4. The normalized spacial score (nSPS) is 18.0. The van der Waals surface area contributed by atoms with Crippen LogP contribution in [0.15, 0.2) is 48.5 Å². The largest absolute Gasteiger partial charge is 0.416 e. The molecule has 33 heavy (non-hydrogen) atoms. The molecule has 2 saturated heterocycles. The fourth-order valence-electron chi connectivity index (χ4n) is 4.46. The third-order valence-corrected chi connectivity index (χ3v) is 6.34. The third kappa shape index (κ3) is 6.13. The predicted octanol–water partition coefficient (Wildman–Crippen LogP) is 4.22. The molecule has 0 spiro atoms. The molecule has 1 N–H and O–H groups in total. The van der Waals surface area contributed by atoms with Crippen molar-refractivity contribution in [3.8, 4) is 0 Å². The van der Waals surface area contributed by atoms with Gasteiger partial charge in [-0.2, -0.15) is 13.2 Å². The summed E-state index contributed by atoms with van der Waals surface area (Å²) in [7, 11) is 0. The molecule has 2 fully saturated rings. The summed E-state index contributed by atoms with van der Waals surface area (Å²) >= 11 is 0. The maximum absolute atomic E-state index is 12.9. The Hall–Kier alpha value is -2.87. The highest BCUT2D eigenvalue weighted by atomic mass is 19.4. The highest BCUT2D eigenvalue weighted by Gasteiger charge is 2.30. The molecule has 0 aliphatic carbocycles. The van der Waals surface area contributed by atoms with Gasteiger partial charge >= 0.3 is 6.18 Å². The minimum absolute atomic E-state index is 0.0390. The van der Waals surface area contributed by atoms with Crippen LogP contribution >= 0.6 is 0 Å². The molecule has 2 aliphatic rings. The molecule has 4 rings (SSSR count). The summed E-state index contributed by atoms with van der Waals surface area (Å²) in [6.45, 7) is 3.25. The second-order valence-electron chi connectivity index (χ2n) is 8.84. The van der Waals surface area contributed by atoms with Gasteiger partial charge in [0.15, 0.2) is 0 Å². The first-order chi connectivity index (χ1) is 15.8. The summed E-state index contributed by atoms with van der Waals surface area (Å²) in [6.07, 6.45) is -1.33. The highest BCUT2D eigenvalue weighted by Crippen LogP contribution is 2.30. The molecule has 2 aromatic carbocycles. The maximum atomic E-state index is 12.9. The van der Waals surface area contributed by atoms with E-state index in [4.69, 9.17) is 0 Å². The smallest absolute Gasteiger partial charge is 0.349 e. The number of rotatable bonds is 6. The molecule has 0 saturated carbocycles. The third-order valence-electron chi connectivity index (χ3n) is 6.34. The van der Waals surface area contributed by atoms with Gasteiger partial charge < -0.3 is 10.2 Å². The Kier molecular flexibility index (Phi) is 7.02. The lowest BCUT2D eigenvalue weighted by Crippen LogP contribution is -2.44. The second kappa shape index (κ2) is 9.95. The van der Waals surface area contributed by atoms with Gasteiger partial charge in [0.05, 0.1) is 5.56 Å². The van der Waals surface area contributed by atoms with Crippen molar-refractivity contribution in [1.29, 1.82) is 0 Å². The molecule has 0 radical (unpaired) electrons. The van der Waals surface area contributed by atoms with E-state index in [0.29, 0.717) is 43.7 Å². The number of amides is 2. The van der Waals surface area contributed by atoms with Crippen molar-refractivity contribution in [3.63, 3.8) is 0 Å². The number of piperidine rings is 1. The fourth-order valence-corrected chi connectivity index (χ4v) is 4.46. The van der Waals surface area contributed by atoms with Crippen LogP contribution in [-0.2, 0) is 24.1 Å².